The number of hydrogen-bond acceptors (Lipinski definition) is 3. The summed E-state index contributed by atoms with van der Waals surface area (Å²) in [6, 6.07) is 8.26. The summed E-state index contributed by atoms with van der Waals surface area (Å²) in [6.07, 6.45) is 0. The number of aromatic carboxylic acids is 1. The summed E-state index contributed by atoms with van der Waals surface area (Å²) < 4.78 is 0. The van der Waals surface area contributed by atoms with E-state index in [4.69, 9.17) is 5.11 Å². The Morgan fingerprint density at radius 1 is 1.25 bits per heavy atom. The predicted octanol–water partition coefficient (Wildman–Crippen LogP) is 3.08. The molecule has 20 heavy (non-hydrogen) atoms. The number of amides is 2. The van der Waals surface area contributed by atoms with E-state index in [0.29, 0.717) is 17.8 Å². The van der Waals surface area contributed by atoms with Gasteiger partial charge in [-0.05, 0) is 30.0 Å². The summed E-state index contributed by atoms with van der Waals surface area (Å²) in [4.78, 5) is 24.0. The highest BCUT2D eigenvalue weighted by Crippen LogP contribution is 2.20. The van der Waals surface area contributed by atoms with Gasteiger partial charge in [0.1, 0.15) is 0 Å². The van der Waals surface area contributed by atoms with Crippen LogP contribution in [0.5, 0.6) is 0 Å². The highest BCUT2D eigenvalue weighted by molar-refractivity contribution is 7.09. The maximum absolute atomic E-state index is 11.8. The molecule has 0 atom stereocenters. The molecular formula is C14H14N2O3S. The van der Waals surface area contributed by atoms with Gasteiger partial charge in [-0.25, -0.2) is 9.59 Å². The van der Waals surface area contributed by atoms with Crippen LogP contribution in [0.15, 0.2) is 35.7 Å². The Morgan fingerprint density at radius 3 is 2.70 bits per heavy atom. The lowest BCUT2D eigenvalue weighted by Crippen LogP contribution is -2.29. The van der Waals surface area contributed by atoms with Gasteiger partial charge in [0.05, 0.1) is 17.8 Å². The molecule has 6 heteroatoms. The largest absolute Gasteiger partial charge is 0.478 e. The molecule has 0 fully saturated rings. The van der Waals surface area contributed by atoms with E-state index in [1.165, 1.54) is 6.07 Å². The molecule has 1 aromatic heterocycles. The number of urea groups is 1. The molecule has 0 spiro atoms. The number of carboxylic acid groups (broad SMARTS) is 1. The van der Waals surface area contributed by atoms with E-state index < -0.39 is 12.0 Å². The van der Waals surface area contributed by atoms with E-state index >= 15 is 0 Å². The molecule has 0 aliphatic heterocycles. The molecular weight excluding hydrogens is 276 g/mol. The Balaban J connectivity index is 2.06. The minimum atomic E-state index is -1.07. The van der Waals surface area contributed by atoms with Crippen molar-refractivity contribution in [3.8, 4) is 0 Å². The Morgan fingerprint density at radius 2 is 2.05 bits per heavy atom. The zero-order valence-electron chi connectivity index (χ0n) is 10.8. The van der Waals surface area contributed by atoms with E-state index in [0.717, 1.165) is 4.88 Å². The maximum Gasteiger partial charge on any atom is 0.337 e. The molecule has 0 saturated heterocycles. The van der Waals surface area contributed by atoms with Gasteiger partial charge in [0.15, 0.2) is 0 Å². The fourth-order valence-corrected chi connectivity index (χ4v) is 2.39. The van der Waals surface area contributed by atoms with Crippen molar-refractivity contribution in [1.29, 1.82) is 0 Å². The Labute approximate surface area is 120 Å². The monoisotopic (exact) mass is 290 g/mol. The Bertz CT molecular complexity index is 623. The SMILES string of the molecule is Cc1cccc(C(=O)O)c1NC(=O)NCc1cccs1. The van der Waals surface area contributed by atoms with Gasteiger partial charge in [-0.15, -0.1) is 11.3 Å². The predicted molar refractivity (Wildman–Crippen MR) is 78.3 cm³/mol. The maximum atomic E-state index is 11.8. The fraction of sp³-hybridized carbons (Fsp3) is 0.143. The highest BCUT2D eigenvalue weighted by Gasteiger charge is 2.14. The Hall–Kier alpha value is -2.34. The first-order valence-electron chi connectivity index (χ1n) is 5.98. The van der Waals surface area contributed by atoms with Crippen LogP contribution in [0.25, 0.3) is 0 Å². The molecule has 0 unspecified atom stereocenters. The minimum absolute atomic E-state index is 0.0799. The van der Waals surface area contributed by atoms with Crippen molar-refractivity contribution < 1.29 is 14.7 Å². The second-order valence-corrected chi connectivity index (χ2v) is 5.22. The summed E-state index contributed by atoms with van der Waals surface area (Å²) in [5.74, 6) is -1.07. The standard InChI is InChI=1S/C14H14N2O3S/c1-9-4-2-6-11(13(17)18)12(9)16-14(19)15-8-10-5-3-7-20-10/h2-7H,8H2,1H3,(H,17,18)(H2,15,16,19). The van der Waals surface area contributed by atoms with Crippen LogP contribution in [0, 0.1) is 6.92 Å². The number of thiophene rings is 1. The summed E-state index contributed by atoms with van der Waals surface area (Å²) in [6.45, 7) is 2.17. The van der Waals surface area contributed by atoms with Gasteiger partial charge in [0, 0.05) is 4.88 Å². The van der Waals surface area contributed by atoms with Crippen LogP contribution >= 0.6 is 11.3 Å². The number of nitrogens with one attached hydrogen (secondary N) is 2. The molecule has 2 rings (SSSR count). The molecule has 3 N–H and O–H groups in total. The molecule has 104 valence electrons. The van der Waals surface area contributed by atoms with Gasteiger partial charge in [-0.1, -0.05) is 18.2 Å². The molecule has 0 bridgehead atoms. The van der Waals surface area contributed by atoms with Gasteiger partial charge in [0.2, 0.25) is 0 Å². The minimum Gasteiger partial charge on any atom is -0.478 e. The molecule has 1 aromatic carbocycles. The Kier molecular flexibility index (Phi) is 4.37. The van der Waals surface area contributed by atoms with Crippen molar-refractivity contribution in [2.24, 2.45) is 0 Å². The van der Waals surface area contributed by atoms with Crippen molar-refractivity contribution in [1.82, 2.24) is 5.32 Å². The average molecular weight is 290 g/mol. The number of aryl methyl sites for hydroxylation is 1. The van der Waals surface area contributed by atoms with Crippen LogP contribution in [0.3, 0.4) is 0 Å². The quantitative estimate of drug-likeness (QED) is 0.809. The third-order valence-corrected chi connectivity index (χ3v) is 3.62. The molecule has 2 amide bonds. The van der Waals surface area contributed by atoms with Crippen LogP contribution in [-0.2, 0) is 6.54 Å². The first kappa shape index (κ1) is 14.1. The van der Waals surface area contributed by atoms with E-state index in [-0.39, 0.29) is 5.56 Å². The van der Waals surface area contributed by atoms with Gasteiger partial charge in [-0.2, -0.15) is 0 Å². The van der Waals surface area contributed by atoms with Crippen LogP contribution in [0.1, 0.15) is 20.8 Å². The van der Waals surface area contributed by atoms with E-state index in [1.807, 2.05) is 17.5 Å². The second-order valence-electron chi connectivity index (χ2n) is 4.19. The second kappa shape index (κ2) is 6.21. The number of hydrogen-bond donors (Lipinski definition) is 3. The molecule has 0 radical (unpaired) electrons. The van der Waals surface area contributed by atoms with Crippen LogP contribution in [0.4, 0.5) is 10.5 Å². The fourth-order valence-electron chi connectivity index (χ4n) is 1.75. The third-order valence-electron chi connectivity index (χ3n) is 2.75. The number of carbonyl (C=O) groups excluding carboxylic acids is 1. The number of carboxylic acids is 1. The summed E-state index contributed by atoms with van der Waals surface area (Å²) in [7, 11) is 0. The number of benzene rings is 1. The topological polar surface area (TPSA) is 78.4 Å². The third kappa shape index (κ3) is 3.36. The molecule has 2 aromatic rings. The van der Waals surface area contributed by atoms with Crippen LogP contribution in [0.2, 0.25) is 0 Å². The van der Waals surface area contributed by atoms with Gasteiger partial charge in [-0.3, -0.25) is 0 Å². The zero-order chi connectivity index (χ0) is 14.5. The van der Waals surface area contributed by atoms with Crippen LogP contribution in [-0.4, -0.2) is 17.1 Å². The van der Waals surface area contributed by atoms with Gasteiger partial charge < -0.3 is 15.7 Å². The molecule has 5 nitrogen and oxygen atoms in total. The van der Waals surface area contributed by atoms with Crippen molar-refractivity contribution in [3.63, 3.8) is 0 Å². The normalized spacial score (nSPS) is 10.1. The number of carbonyl (C=O) groups is 2. The number of rotatable bonds is 4. The van der Waals surface area contributed by atoms with Gasteiger partial charge >= 0.3 is 12.0 Å². The smallest absolute Gasteiger partial charge is 0.337 e. The summed E-state index contributed by atoms with van der Waals surface area (Å²) in [5, 5.41) is 16.3. The molecule has 0 saturated carbocycles. The first-order chi connectivity index (χ1) is 9.58. The van der Waals surface area contributed by atoms with Crippen molar-refractivity contribution in [2.75, 3.05) is 5.32 Å². The first-order valence-corrected chi connectivity index (χ1v) is 6.86. The molecule has 1 heterocycles. The van der Waals surface area contributed by atoms with Crippen molar-refractivity contribution in [3.05, 3.63) is 51.7 Å². The number of para-hydroxylation sites is 1. The van der Waals surface area contributed by atoms with Crippen LogP contribution < -0.4 is 10.6 Å². The van der Waals surface area contributed by atoms with Crippen molar-refractivity contribution >= 4 is 29.0 Å². The zero-order valence-corrected chi connectivity index (χ0v) is 11.7. The average Bonchev–Trinajstić information content (AvgIpc) is 2.91. The van der Waals surface area contributed by atoms with Crippen molar-refractivity contribution in [2.45, 2.75) is 13.5 Å². The lowest BCUT2D eigenvalue weighted by Gasteiger charge is -2.12. The summed E-state index contributed by atoms with van der Waals surface area (Å²) >= 11 is 1.55. The van der Waals surface area contributed by atoms with E-state index in [2.05, 4.69) is 10.6 Å². The molecule has 0 aliphatic carbocycles. The lowest BCUT2D eigenvalue weighted by atomic mass is 10.1. The number of anilines is 1. The van der Waals surface area contributed by atoms with E-state index in [1.54, 1.807) is 30.4 Å². The molecule has 0 aliphatic rings. The van der Waals surface area contributed by atoms with E-state index in [9.17, 15) is 9.59 Å². The lowest BCUT2D eigenvalue weighted by molar-refractivity contribution is 0.0698. The van der Waals surface area contributed by atoms with Gasteiger partial charge in [0.25, 0.3) is 0 Å². The highest BCUT2D eigenvalue weighted by atomic mass is 32.1. The summed E-state index contributed by atoms with van der Waals surface area (Å²) in [5.41, 5.74) is 1.11.